The van der Waals surface area contributed by atoms with E-state index in [-0.39, 0.29) is 5.75 Å². The van der Waals surface area contributed by atoms with Gasteiger partial charge in [0.05, 0.1) is 16.6 Å². The number of hydrogen-bond acceptors (Lipinski definition) is 4. The zero-order valence-electron chi connectivity index (χ0n) is 8.76. The van der Waals surface area contributed by atoms with Gasteiger partial charge in [-0.1, -0.05) is 6.42 Å². The Morgan fingerprint density at radius 2 is 2.25 bits per heavy atom. The summed E-state index contributed by atoms with van der Waals surface area (Å²) < 4.78 is 23.8. The van der Waals surface area contributed by atoms with Gasteiger partial charge in [0.15, 0.2) is 9.84 Å². The van der Waals surface area contributed by atoms with Gasteiger partial charge in [0, 0.05) is 12.4 Å². The van der Waals surface area contributed by atoms with Gasteiger partial charge in [-0.25, -0.2) is 8.42 Å². The second kappa shape index (κ2) is 4.22. The van der Waals surface area contributed by atoms with Crippen LogP contribution in [0.25, 0.3) is 0 Å². The second-order valence-electron chi connectivity index (χ2n) is 3.93. The van der Waals surface area contributed by atoms with E-state index in [4.69, 9.17) is 5.26 Å². The third kappa shape index (κ3) is 1.93. The minimum Gasteiger partial charge on any atom is -0.263 e. The lowest BCUT2D eigenvalue weighted by Gasteiger charge is -2.22. The van der Waals surface area contributed by atoms with Gasteiger partial charge in [0.1, 0.15) is 6.07 Å². The maximum atomic E-state index is 11.9. The van der Waals surface area contributed by atoms with Crippen molar-refractivity contribution in [2.24, 2.45) is 0 Å². The first-order chi connectivity index (χ1) is 7.65. The average Bonchev–Trinajstić information content (AvgIpc) is 2.28. The number of hydrogen-bond donors (Lipinski definition) is 0. The molecule has 2 rings (SSSR count). The van der Waals surface area contributed by atoms with E-state index in [1.165, 1.54) is 6.20 Å². The quantitative estimate of drug-likeness (QED) is 0.742. The summed E-state index contributed by atoms with van der Waals surface area (Å²) in [6, 6.07) is 3.65. The molecule has 0 aromatic carbocycles. The third-order valence-corrected chi connectivity index (χ3v) is 5.12. The molecule has 0 amide bonds. The van der Waals surface area contributed by atoms with Crippen LogP contribution in [0.15, 0.2) is 18.5 Å². The summed E-state index contributed by atoms with van der Waals surface area (Å²) in [6.07, 6.45) is 5.21. The lowest BCUT2D eigenvalue weighted by molar-refractivity contribution is 0.545. The SMILES string of the molecule is N#Cc1cnccc1C1CCCCS1(=O)=O. The first kappa shape index (κ1) is 11.1. The lowest BCUT2D eigenvalue weighted by atomic mass is 10.0. The Hall–Kier alpha value is -1.41. The van der Waals surface area contributed by atoms with Crippen LogP contribution in [0.5, 0.6) is 0 Å². The van der Waals surface area contributed by atoms with Crippen molar-refractivity contribution in [3.05, 3.63) is 29.6 Å². The number of sulfone groups is 1. The molecule has 1 atom stereocenters. The molecule has 16 heavy (non-hydrogen) atoms. The van der Waals surface area contributed by atoms with E-state index < -0.39 is 15.1 Å². The minimum atomic E-state index is -3.09. The Bertz CT molecular complexity index is 531. The van der Waals surface area contributed by atoms with Crippen molar-refractivity contribution in [3.8, 4) is 6.07 Å². The number of nitrogens with zero attached hydrogens (tertiary/aromatic N) is 2. The smallest absolute Gasteiger partial charge is 0.157 e. The molecule has 0 radical (unpaired) electrons. The van der Waals surface area contributed by atoms with Crippen molar-refractivity contribution >= 4 is 9.84 Å². The molecule has 0 bridgehead atoms. The topological polar surface area (TPSA) is 70.8 Å². The van der Waals surface area contributed by atoms with Crippen LogP contribution in [0.2, 0.25) is 0 Å². The van der Waals surface area contributed by atoms with Crippen molar-refractivity contribution in [2.75, 3.05) is 5.75 Å². The van der Waals surface area contributed by atoms with Gasteiger partial charge in [0.2, 0.25) is 0 Å². The molecule has 1 aliphatic rings. The molecule has 1 aromatic heterocycles. The third-order valence-electron chi connectivity index (χ3n) is 2.90. The number of pyridine rings is 1. The van der Waals surface area contributed by atoms with Crippen molar-refractivity contribution in [1.29, 1.82) is 5.26 Å². The van der Waals surface area contributed by atoms with E-state index in [9.17, 15) is 8.42 Å². The molecule has 84 valence electrons. The summed E-state index contributed by atoms with van der Waals surface area (Å²) in [7, 11) is -3.09. The fraction of sp³-hybridized carbons (Fsp3) is 0.455. The first-order valence-corrected chi connectivity index (χ1v) is 6.92. The molecule has 5 heteroatoms. The monoisotopic (exact) mass is 236 g/mol. The summed E-state index contributed by atoms with van der Waals surface area (Å²) in [5, 5.41) is 8.42. The Morgan fingerprint density at radius 3 is 2.94 bits per heavy atom. The first-order valence-electron chi connectivity index (χ1n) is 5.21. The molecule has 0 aliphatic carbocycles. The van der Waals surface area contributed by atoms with Crippen LogP contribution in [-0.4, -0.2) is 19.2 Å². The minimum absolute atomic E-state index is 0.227. The highest BCUT2D eigenvalue weighted by Crippen LogP contribution is 2.34. The van der Waals surface area contributed by atoms with Gasteiger partial charge in [-0.15, -0.1) is 0 Å². The summed E-state index contributed by atoms with van der Waals surface area (Å²) in [4.78, 5) is 3.84. The molecule has 4 nitrogen and oxygen atoms in total. The van der Waals surface area contributed by atoms with Gasteiger partial charge in [-0.2, -0.15) is 5.26 Å². The highest BCUT2D eigenvalue weighted by Gasteiger charge is 2.31. The summed E-state index contributed by atoms with van der Waals surface area (Å²) in [6.45, 7) is 0. The molecule has 0 saturated carbocycles. The maximum Gasteiger partial charge on any atom is 0.157 e. The zero-order valence-corrected chi connectivity index (χ0v) is 9.57. The van der Waals surface area contributed by atoms with Crippen molar-refractivity contribution < 1.29 is 8.42 Å². The van der Waals surface area contributed by atoms with Crippen LogP contribution in [0.1, 0.15) is 35.6 Å². The molecule has 1 fully saturated rings. The highest BCUT2D eigenvalue weighted by atomic mass is 32.2. The van der Waals surface area contributed by atoms with E-state index in [0.29, 0.717) is 17.5 Å². The molecule has 2 heterocycles. The van der Waals surface area contributed by atoms with Crippen molar-refractivity contribution in [3.63, 3.8) is 0 Å². The second-order valence-corrected chi connectivity index (χ2v) is 6.23. The van der Waals surface area contributed by atoms with E-state index in [1.54, 1.807) is 12.3 Å². The fourth-order valence-electron chi connectivity index (χ4n) is 2.08. The van der Waals surface area contributed by atoms with Crippen molar-refractivity contribution in [1.82, 2.24) is 4.98 Å². The Labute approximate surface area is 94.9 Å². The largest absolute Gasteiger partial charge is 0.263 e. The lowest BCUT2D eigenvalue weighted by Crippen LogP contribution is -2.22. The molecule has 0 N–H and O–H groups in total. The molecule has 1 unspecified atom stereocenters. The van der Waals surface area contributed by atoms with E-state index in [2.05, 4.69) is 4.98 Å². The predicted octanol–water partition coefficient (Wildman–Crippen LogP) is 1.59. The summed E-state index contributed by atoms with van der Waals surface area (Å²) >= 11 is 0. The molecule has 1 aromatic rings. The number of nitriles is 1. The van der Waals surface area contributed by atoms with Crippen LogP contribution in [0.4, 0.5) is 0 Å². The zero-order chi connectivity index (χ0) is 11.6. The predicted molar refractivity (Wildman–Crippen MR) is 59.3 cm³/mol. The van der Waals surface area contributed by atoms with Crippen LogP contribution in [-0.2, 0) is 9.84 Å². The van der Waals surface area contributed by atoms with E-state index in [0.717, 1.165) is 12.8 Å². The molecular formula is C11H12N2O2S. The Morgan fingerprint density at radius 1 is 1.44 bits per heavy atom. The van der Waals surface area contributed by atoms with Gasteiger partial charge in [-0.05, 0) is 24.5 Å². The van der Waals surface area contributed by atoms with Crippen LogP contribution in [0.3, 0.4) is 0 Å². The molecular weight excluding hydrogens is 224 g/mol. The Balaban J connectivity index is 2.48. The summed E-state index contributed by atoms with van der Waals surface area (Å²) in [5.74, 6) is 0.227. The molecule has 1 aliphatic heterocycles. The van der Waals surface area contributed by atoms with E-state index in [1.807, 2.05) is 6.07 Å². The van der Waals surface area contributed by atoms with Crippen molar-refractivity contribution in [2.45, 2.75) is 24.5 Å². The molecule has 1 saturated heterocycles. The molecule has 0 spiro atoms. The maximum absolute atomic E-state index is 11.9. The highest BCUT2D eigenvalue weighted by molar-refractivity contribution is 7.91. The standard InChI is InChI=1S/C11H12N2O2S/c12-7-9-8-13-5-4-10(9)11-3-1-2-6-16(11,14)15/h4-5,8,11H,1-3,6H2. The number of rotatable bonds is 1. The summed E-state index contributed by atoms with van der Waals surface area (Å²) in [5.41, 5.74) is 0.982. The Kier molecular flexibility index (Phi) is 2.92. The van der Waals surface area contributed by atoms with Crippen LogP contribution >= 0.6 is 0 Å². The normalized spacial score (nSPS) is 23.6. The fourth-order valence-corrected chi connectivity index (χ4v) is 4.09. The van der Waals surface area contributed by atoms with Crippen LogP contribution in [0, 0.1) is 11.3 Å². The van der Waals surface area contributed by atoms with Gasteiger partial charge >= 0.3 is 0 Å². The van der Waals surface area contributed by atoms with Gasteiger partial charge < -0.3 is 0 Å². The van der Waals surface area contributed by atoms with E-state index >= 15 is 0 Å². The van der Waals surface area contributed by atoms with Gasteiger partial charge in [-0.3, -0.25) is 4.98 Å². The number of aromatic nitrogens is 1. The van der Waals surface area contributed by atoms with Gasteiger partial charge in [0.25, 0.3) is 0 Å². The average molecular weight is 236 g/mol. The van der Waals surface area contributed by atoms with Crippen LogP contribution < -0.4 is 0 Å².